The number of Topliss-reactive ketones (excluding diaryl/α,β-unsaturated/α-hetero) is 1. The third-order valence-corrected chi connectivity index (χ3v) is 14.1. The Hall–Kier alpha value is -2.36. The second kappa shape index (κ2) is 19.8. The number of nitrogens with zero attached hydrogens (tertiary/aromatic N) is 1. The number of amides is 1. The van der Waals surface area contributed by atoms with E-state index in [4.69, 9.17) is 9.47 Å². The second-order valence-electron chi connectivity index (χ2n) is 11.9. The first-order chi connectivity index (χ1) is 20.7. The van der Waals surface area contributed by atoms with Crippen molar-refractivity contribution in [2.45, 2.75) is 116 Å². The molecule has 3 N–H and O–H groups in total. The first-order valence-electron chi connectivity index (χ1n) is 16.2. The molecule has 0 radical (unpaired) electrons. The van der Waals surface area contributed by atoms with Gasteiger partial charge in [0.1, 0.15) is 18.4 Å². The van der Waals surface area contributed by atoms with Crippen LogP contribution in [0.3, 0.4) is 0 Å². The number of aromatic amines is 1. The van der Waals surface area contributed by atoms with Crippen molar-refractivity contribution in [1.82, 2.24) is 14.9 Å². The van der Waals surface area contributed by atoms with Crippen LogP contribution in [0.2, 0.25) is 0 Å². The Morgan fingerprint density at radius 1 is 0.977 bits per heavy atom. The molecule has 246 valence electrons. The van der Waals surface area contributed by atoms with Crippen LogP contribution in [0.1, 0.15) is 104 Å². The fourth-order valence-corrected chi connectivity index (χ4v) is 11.6. The molecule has 0 aliphatic carbocycles. The number of esters is 1. The number of ketones is 1. The number of aliphatic hydroxyl groups is 1. The van der Waals surface area contributed by atoms with Crippen molar-refractivity contribution in [3.63, 3.8) is 0 Å². The molecule has 1 fully saturated rings. The summed E-state index contributed by atoms with van der Waals surface area (Å²) in [4.78, 5) is 62.6. The summed E-state index contributed by atoms with van der Waals surface area (Å²) in [5.74, 6) is -0.964. The Balaban J connectivity index is 1.71. The molecule has 1 amide bonds. The number of aliphatic hydroxyl groups excluding tert-OH is 1. The predicted octanol–water partition coefficient (Wildman–Crippen LogP) is 3.51. The predicted molar refractivity (Wildman–Crippen MR) is 170 cm³/mol. The van der Waals surface area contributed by atoms with E-state index in [1.165, 1.54) is 75.4 Å². The quantitative estimate of drug-likeness (QED) is 0.100. The van der Waals surface area contributed by atoms with Gasteiger partial charge in [-0.3, -0.25) is 14.3 Å². The van der Waals surface area contributed by atoms with Gasteiger partial charge in [-0.15, -0.1) is 0 Å². The number of H-pyrrole nitrogens is 1. The fourth-order valence-electron chi connectivity index (χ4n) is 5.85. The molecule has 43 heavy (non-hydrogen) atoms. The normalized spacial score (nSPS) is 18.8. The van der Waals surface area contributed by atoms with Crippen LogP contribution in [-0.2, 0) is 23.9 Å². The number of carbonyl (C=O) groups excluding carboxylic acids is 3. The van der Waals surface area contributed by atoms with E-state index < -0.39 is 49.5 Å². The van der Waals surface area contributed by atoms with Gasteiger partial charge < -0.3 is 9.84 Å². The number of aromatic nitrogens is 2. The van der Waals surface area contributed by atoms with Gasteiger partial charge in [-0.05, 0) is 0 Å². The zero-order chi connectivity index (χ0) is 31.7. The summed E-state index contributed by atoms with van der Waals surface area (Å²) in [6.45, 7) is 6.99. The maximum absolute atomic E-state index is 12.4. The zero-order valence-electron chi connectivity index (χ0n) is 26.4. The van der Waals surface area contributed by atoms with Crippen LogP contribution in [0.5, 0.6) is 0 Å². The summed E-state index contributed by atoms with van der Waals surface area (Å²) in [5, 5.41) is 12.6. The fraction of sp³-hybridized carbons (Fsp3) is 0.774. The SMILES string of the molecule is CCCC[PH](CCCC)(CCCC)CCCNC(=O)CCC(=O)CCC(=O)O[C@@H]1C[C@H](n2ccc(=O)[nH]c2=O)O[C@@H]1CO. The van der Waals surface area contributed by atoms with E-state index in [-0.39, 0.29) is 43.8 Å². The Morgan fingerprint density at radius 3 is 2.16 bits per heavy atom. The van der Waals surface area contributed by atoms with Gasteiger partial charge in [-0.1, -0.05) is 0 Å². The number of unbranched alkanes of at least 4 members (excludes halogenated alkanes) is 3. The molecule has 3 atom stereocenters. The Kier molecular flexibility index (Phi) is 17.0. The van der Waals surface area contributed by atoms with E-state index in [1.54, 1.807) is 0 Å². The van der Waals surface area contributed by atoms with Crippen LogP contribution in [0.15, 0.2) is 21.9 Å². The molecule has 1 aliphatic rings. The summed E-state index contributed by atoms with van der Waals surface area (Å²) >= 11 is 0. The van der Waals surface area contributed by atoms with E-state index in [0.717, 1.165) is 11.0 Å². The molecule has 0 unspecified atom stereocenters. The number of hydrogen-bond donors (Lipinski definition) is 3. The van der Waals surface area contributed by atoms with Gasteiger partial charge >= 0.3 is 178 Å². The summed E-state index contributed by atoms with van der Waals surface area (Å²) in [6.07, 6.45) is 12.9. The van der Waals surface area contributed by atoms with Gasteiger partial charge in [0.25, 0.3) is 5.56 Å². The molecule has 12 heteroatoms. The number of nitrogens with one attached hydrogen (secondary N) is 2. The molecule has 11 nitrogen and oxygen atoms in total. The smallest absolute Gasteiger partial charge is 0.394 e. The van der Waals surface area contributed by atoms with Gasteiger partial charge in [0, 0.05) is 18.7 Å². The average Bonchev–Trinajstić information content (AvgIpc) is 3.39. The molecule has 0 spiro atoms. The Bertz CT molecular complexity index is 1100. The monoisotopic (exact) mass is 627 g/mol. The van der Waals surface area contributed by atoms with Crippen LogP contribution >= 0.6 is 7.26 Å². The minimum absolute atomic E-state index is 0.0489. The van der Waals surface area contributed by atoms with Gasteiger partial charge in [0.05, 0.1) is 6.61 Å². The molecule has 0 saturated carbocycles. The summed E-state index contributed by atoms with van der Waals surface area (Å²) in [7, 11) is -1.33. The first-order valence-corrected chi connectivity index (χ1v) is 19.0. The molecule has 2 rings (SSSR count). The molecule has 2 heterocycles. The first kappa shape index (κ1) is 36.8. The van der Waals surface area contributed by atoms with Crippen molar-refractivity contribution < 1.29 is 29.0 Å². The van der Waals surface area contributed by atoms with Crippen LogP contribution in [0.25, 0.3) is 0 Å². The van der Waals surface area contributed by atoms with Crippen molar-refractivity contribution in [3.05, 3.63) is 33.1 Å². The molecule has 1 saturated heterocycles. The van der Waals surface area contributed by atoms with Crippen LogP contribution < -0.4 is 16.6 Å². The Labute approximate surface area is 255 Å². The number of carbonyl (C=O) groups is 3. The van der Waals surface area contributed by atoms with Gasteiger partial charge in [-0.25, -0.2) is 4.79 Å². The van der Waals surface area contributed by atoms with E-state index in [2.05, 4.69) is 31.1 Å². The van der Waals surface area contributed by atoms with Crippen molar-refractivity contribution in [3.8, 4) is 0 Å². The topological polar surface area (TPSA) is 157 Å². The van der Waals surface area contributed by atoms with Crippen molar-refractivity contribution in [1.29, 1.82) is 0 Å². The van der Waals surface area contributed by atoms with Crippen molar-refractivity contribution in [2.75, 3.05) is 37.8 Å². The van der Waals surface area contributed by atoms with Crippen molar-refractivity contribution in [2.24, 2.45) is 0 Å². The molecular formula is C31H54N3O8P. The zero-order valence-corrected chi connectivity index (χ0v) is 27.4. The molecule has 1 aliphatic heterocycles. The van der Waals surface area contributed by atoms with Crippen LogP contribution in [0, 0.1) is 0 Å². The van der Waals surface area contributed by atoms with Crippen LogP contribution in [-0.4, -0.2) is 82.3 Å². The second-order valence-corrected chi connectivity index (χ2v) is 16.9. The molecule has 0 aromatic carbocycles. The molecule has 1 aromatic heterocycles. The molecule has 1 aromatic rings. The van der Waals surface area contributed by atoms with E-state index in [9.17, 15) is 29.1 Å². The van der Waals surface area contributed by atoms with Gasteiger partial charge in [0.2, 0.25) is 0 Å². The summed E-state index contributed by atoms with van der Waals surface area (Å²) in [5.41, 5.74) is -1.22. The van der Waals surface area contributed by atoms with Gasteiger partial charge in [-0.2, -0.15) is 0 Å². The minimum Gasteiger partial charge on any atom is -0.394 e. The number of ether oxygens (including phenoxy) is 2. The van der Waals surface area contributed by atoms with E-state index in [1.807, 2.05) is 0 Å². The van der Waals surface area contributed by atoms with Gasteiger partial charge in [0.15, 0.2) is 0 Å². The van der Waals surface area contributed by atoms with E-state index >= 15 is 0 Å². The van der Waals surface area contributed by atoms with E-state index in [0.29, 0.717) is 6.54 Å². The van der Waals surface area contributed by atoms with Crippen LogP contribution in [0.4, 0.5) is 0 Å². The Morgan fingerprint density at radius 2 is 1.58 bits per heavy atom. The maximum atomic E-state index is 12.4. The third kappa shape index (κ3) is 13.0. The van der Waals surface area contributed by atoms with Crippen molar-refractivity contribution >= 4 is 24.9 Å². The number of rotatable bonds is 22. The minimum atomic E-state index is -1.33. The average molecular weight is 628 g/mol. The standard InChI is InChI=1S/C31H54N3O8P/c1-4-7-18-43(19-8-5-2,20-9-6-3)21-10-16-32-27(37)13-11-24(36)12-14-30(39)42-25-22-29(41-26(25)23-35)34-17-15-28(38)33-31(34)40/h15,17,25-26,29,35,43H,4-14,16,18-23H2,1-3H3,(H,32,37)(H,33,38,40)/t25-,26-,29-/m1/s1. The molecule has 0 bridgehead atoms. The summed E-state index contributed by atoms with van der Waals surface area (Å²) < 4.78 is 12.2. The molecular weight excluding hydrogens is 573 g/mol. The number of hydrogen-bond acceptors (Lipinski definition) is 8. The summed E-state index contributed by atoms with van der Waals surface area (Å²) in [6, 6.07) is 1.17. The third-order valence-electron chi connectivity index (χ3n) is 8.43.